The van der Waals surface area contributed by atoms with Crippen LogP contribution in [0.1, 0.15) is 0 Å². The van der Waals surface area contributed by atoms with E-state index >= 15 is 0 Å². The Morgan fingerprint density at radius 1 is 0.275 bits per heavy atom. The van der Waals surface area contributed by atoms with Gasteiger partial charge in [0, 0.05) is 16.9 Å². The first-order chi connectivity index (χ1) is 25.3. The van der Waals surface area contributed by atoms with Crippen LogP contribution in [0.5, 0.6) is 0 Å². The van der Waals surface area contributed by atoms with Gasteiger partial charge in [-0.3, -0.25) is 0 Å². The minimum atomic E-state index is 1.11. The van der Waals surface area contributed by atoms with Gasteiger partial charge in [-0.25, -0.2) is 0 Å². The number of rotatable bonds is 5. The van der Waals surface area contributed by atoms with E-state index in [1.54, 1.807) is 0 Å². The normalized spacial score (nSPS) is 11.5. The summed E-state index contributed by atoms with van der Waals surface area (Å²) < 4.78 is 0. The zero-order chi connectivity index (χ0) is 33.7. The molecule has 0 unspecified atom stereocenters. The van der Waals surface area contributed by atoms with Crippen LogP contribution in [-0.4, -0.2) is 0 Å². The summed E-state index contributed by atoms with van der Waals surface area (Å²) in [5.41, 5.74) is 8.20. The zero-order valence-electron chi connectivity index (χ0n) is 28.0. The summed E-state index contributed by atoms with van der Waals surface area (Å²) in [4.78, 5) is 2.38. The summed E-state index contributed by atoms with van der Waals surface area (Å²) >= 11 is 0. The van der Waals surface area contributed by atoms with Crippen LogP contribution in [0.4, 0.5) is 17.1 Å². The van der Waals surface area contributed by atoms with Crippen molar-refractivity contribution in [1.82, 2.24) is 0 Å². The van der Waals surface area contributed by atoms with Crippen molar-refractivity contribution in [3.05, 3.63) is 200 Å². The van der Waals surface area contributed by atoms with Gasteiger partial charge in [0.15, 0.2) is 0 Å². The Kier molecular flexibility index (Phi) is 6.89. The largest absolute Gasteiger partial charge is 0.310 e. The zero-order valence-corrected chi connectivity index (χ0v) is 28.0. The van der Waals surface area contributed by atoms with Crippen LogP contribution in [-0.2, 0) is 0 Å². The minimum absolute atomic E-state index is 1.11. The van der Waals surface area contributed by atoms with Gasteiger partial charge >= 0.3 is 0 Å². The highest BCUT2D eigenvalue weighted by atomic mass is 15.1. The van der Waals surface area contributed by atoms with Gasteiger partial charge in [0.1, 0.15) is 0 Å². The van der Waals surface area contributed by atoms with Crippen LogP contribution in [0.3, 0.4) is 0 Å². The lowest BCUT2D eigenvalue weighted by Crippen LogP contribution is -2.11. The molecule has 1 nitrogen and oxygen atoms in total. The van der Waals surface area contributed by atoms with Crippen molar-refractivity contribution >= 4 is 70.9 Å². The van der Waals surface area contributed by atoms with Crippen molar-refractivity contribution in [2.24, 2.45) is 0 Å². The van der Waals surface area contributed by atoms with Crippen molar-refractivity contribution in [2.75, 3.05) is 4.90 Å². The van der Waals surface area contributed by atoms with E-state index in [1.807, 2.05) is 0 Å². The summed E-state index contributed by atoms with van der Waals surface area (Å²) in [6.45, 7) is 0. The van der Waals surface area contributed by atoms with Crippen LogP contribution in [0.15, 0.2) is 200 Å². The van der Waals surface area contributed by atoms with Crippen molar-refractivity contribution in [1.29, 1.82) is 0 Å². The predicted octanol–water partition coefficient (Wildman–Crippen LogP) is 14.3. The van der Waals surface area contributed by atoms with Gasteiger partial charge in [-0.05, 0) is 113 Å². The lowest BCUT2D eigenvalue weighted by Gasteiger charge is -2.28. The van der Waals surface area contributed by atoms with Crippen molar-refractivity contribution in [3.8, 4) is 22.3 Å². The molecule has 0 radical (unpaired) electrons. The molecule has 51 heavy (non-hydrogen) atoms. The van der Waals surface area contributed by atoms with Crippen molar-refractivity contribution < 1.29 is 0 Å². The highest BCUT2D eigenvalue weighted by Crippen LogP contribution is 2.43. The summed E-state index contributed by atoms with van der Waals surface area (Å²) in [7, 11) is 0. The fraction of sp³-hybridized carbons (Fsp3) is 0. The average Bonchev–Trinajstić information content (AvgIpc) is 3.21. The Morgan fingerprint density at radius 3 is 1.65 bits per heavy atom. The van der Waals surface area contributed by atoms with Gasteiger partial charge in [-0.15, -0.1) is 0 Å². The smallest absolute Gasteiger partial charge is 0.0540 e. The molecule has 0 N–H and O–H groups in total. The van der Waals surface area contributed by atoms with Gasteiger partial charge in [0.25, 0.3) is 0 Å². The monoisotopic (exact) mass is 647 g/mol. The Morgan fingerprint density at radius 2 is 0.824 bits per heavy atom. The predicted molar refractivity (Wildman–Crippen MR) is 220 cm³/mol. The van der Waals surface area contributed by atoms with E-state index in [0.29, 0.717) is 0 Å². The quantitative estimate of drug-likeness (QED) is 0.168. The van der Waals surface area contributed by atoms with E-state index in [1.165, 1.54) is 76.1 Å². The molecule has 0 aliphatic heterocycles. The molecule has 0 aliphatic carbocycles. The van der Waals surface area contributed by atoms with E-state index in [2.05, 4.69) is 205 Å². The second kappa shape index (κ2) is 12.0. The molecule has 10 aromatic rings. The Bertz CT molecular complexity index is 2900. The first-order valence-corrected chi connectivity index (χ1v) is 17.6. The fourth-order valence-electron chi connectivity index (χ4n) is 8.00. The summed E-state index contributed by atoms with van der Waals surface area (Å²) in [6.07, 6.45) is 0. The lowest BCUT2D eigenvalue weighted by atomic mass is 9.93. The molecule has 238 valence electrons. The molecule has 0 saturated heterocycles. The third kappa shape index (κ3) is 4.94. The van der Waals surface area contributed by atoms with Gasteiger partial charge < -0.3 is 4.90 Å². The molecule has 10 aromatic carbocycles. The Labute approximate surface area is 297 Å². The maximum Gasteiger partial charge on any atom is 0.0540 e. The van der Waals surface area contributed by atoms with E-state index < -0.39 is 0 Å². The molecular weight excluding hydrogens is 615 g/mol. The number of para-hydroxylation sites is 2. The third-order valence-corrected chi connectivity index (χ3v) is 10.4. The maximum atomic E-state index is 2.38. The van der Waals surface area contributed by atoms with E-state index in [0.717, 1.165) is 17.1 Å². The Balaban J connectivity index is 1.11. The highest BCUT2D eigenvalue weighted by molar-refractivity contribution is 6.20. The first-order valence-electron chi connectivity index (χ1n) is 17.6. The summed E-state index contributed by atoms with van der Waals surface area (Å²) in [5, 5.41) is 12.8. The van der Waals surface area contributed by atoms with Crippen LogP contribution in [0.25, 0.3) is 76.1 Å². The molecule has 0 atom stereocenters. The molecule has 0 saturated carbocycles. The average molecular weight is 648 g/mol. The van der Waals surface area contributed by atoms with Gasteiger partial charge in [-0.2, -0.15) is 0 Å². The number of benzene rings is 10. The topological polar surface area (TPSA) is 3.24 Å². The second-order valence-corrected chi connectivity index (χ2v) is 13.3. The Hall–Kier alpha value is -6.70. The number of hydrogen-bond donors (Lipinski definition) is 0. The molecule has 0 heterocycles. The maximum absolute atomic E-state index is 2.38. The van der Waals surface area contributed by atoms with Crippen LogP contribution in [0.2, 0.25) is 0 Å². The third-order valence-electron chi connectivity index (χ3n) is 10.4. The van der Waals surface area contributed by atoms with Gasteiger partial charge in [0.2, 0.25) is 0 Å². The van der Waals surface area contributed by atoms with Gasteiger partial charge in [0.05, 0.1) is 5.69 Å². The molecular formula is C50H33N. The van der Waals surface area contributed by atoms with E-state index in [9.17, 15) is 0 Å². The number of anilines is 3. The molecule has 0 spiro atoms. The van der Waals surface area contributed by atoms with E-state index in [4.69, 9.17) is 0 Å². The molecule has 0 fully saturated rings. The highest BCUT2D eigenvalue weighted by Gasteiger charge is 2.18. The number of hydrogen-bond acceptors (Lipinski definition) is 1. The molecule has 0 amide bonds. The second-order valence-electron chi connectivity index (χ2n) is 13.3. The first kappa shape index (κ1) is 29.2. The van der Waals surface area contributed by atoms with Crippen LogP contribution >= 0.6 is 0 Å². The SMILES string of the molecule is c1ccc(N(c2ccc(-c3cc4ccccc4c4ccccc34)cc2)c2ccccc2-c2ccc3c(ccc4ccc5ccccc5c43)c2)cc1. The van der Waals surface area contributed by atoms with Crippen molar-refractivity contribution in [2.45, 2.75) is 0 Å². The number of fused-ring (bicyclic) bond motifs is 8. The minimum Gasteiger partial charge on any atom is -0.310 e. The van der Waals surface area contributed by atoms with E-state index in [-0.39, 0.29) is 0 Å². The molecule has 0 aromatic heterocycles. The summed E-state index contributed by atoms with van der Waals surface area (Å²) in [6, 6.07) is 73.0. The molecule has 10 rings (SSSR count). The summed E-state index contributed by atoms with van der Waals surface area (Å²) in [5.74, 6) is 0. The lowest BCUT2D eigenvalue weighted by molar-refractivity contribution is 1.28. The van der Waals surface area contributed by atoms with Crippen LogP contribution in [0, 0.1) is 0 Å². The molecule has 1 heteroatoms. The molecule has 0 aliphatic rings. The van der Waals surface area contributed by atoms with Crippen molar-refractivity contribution in [3.63, 3.8) is 0 Å². The standard InChI is InChI=1S/C50H33N/c1-2-14-40(15-3-1)51(41-29-26-35(27-30-41)48-33-37-13-5-6-16-42(37)46-19-8-9-20-47(46)48)49-21-11-10-17-43(49)38-28-31-45-39(32-38)25-24-36-23-22-34-12-4-7-18-44(34)50(36)45/h1-33H. The fourth-order valence-corrected chi connectivity index (χ4v) is 8.00. The molecule has 0 bridgehead atoms. The number of nitrogens with zero attached hydrogens (tertiary/aromatic N) is 1. The van der Waals surface area contributed by atoms with Crippen LogP contribution < -0.4 is 4.90 Å². The van der Waals surface area contributed by atoms with Gasteiger partial charge in [-0.1, -0.05) is 158 Å².